The van der Waals surface area contributed by atoms with Gasteiger partial charge in [0.25, 0.3) is 0 Å². The number of amides is 1. The van der Waals surface area contributed by atoms with Crippen molar-refractivity contribution in [2.24, 2.45) is 4.99 Å². The third kappa shape index (κ3) is 9.37. The summed E-state index contributed by atoms with van der Waals surface area (Å²) in [6.07, 6.45) is 4.12. The fraction of sp³-hybridized carbons (Fsp3) is 0.350. The van der Waals surface area contributed by atoms with Crippen LogP contribution in [0.25, 0.3) is 0 Å². The fourth-order valence-corrected chi connectivity index (χ4v) is 2.41. The summed E-state index contributed by atoms with van der Waals surface area (Å²) >= 11 is 0. The Morgan fingerprint density at radius 3 is 2.48 bits per heavy atom. The number of benzene rings is 1. The van der Waals surface area contributed by atoms with Gasteiger partial charge in [-0.2, -0.15) is 0 Å². The summed E-state index contributed by atoms with van der Waals surface area (Å²) in [6.45, 7) is 3.30. The van der Waals surface area contributed by atoms with E-state index in [1.54, 1.807) is 19.3 Å². The van der Waals surface area contributed by atoms with Crippen LogP contribution in [0.5, 0.6) is 0 Å². The van der Waals surface area contributed by atoms with E-state index >= 15 is 0 Å². The van der Waals surface area contributed by atoms with Gasteiger partial charge in [-0.25, -0.2) is 4.98 Å². The Balaban J connectivity index is 0.00000364. The van der Waals surface area contributed by atoms with Crippen LogP contribution in [-0.2, 0) is 11.2 Å². The first-order valence-corrected chi connectivity index (χ1v) is 8.88. The molecule has 1 heterocycles. The molecule has 0 unspecified atom stereocenters. The highest BCUT2D eigenvalue weighted by Crippen LogP contribution is 2.04. The van der Waals surface area contributed by atoms with E-state index in [1.807, 2.05) is 19.1 Å². The van der Waals surface area contributed by atoms with Crippen LogP contribution >= 0.6 is 24.0 Å². The number of hydrogen-bond donors (Lipinski definition) is 3. The van der Waals surface area contributed by atoms with Gasteiger partial charge in [-0.15, -0.1) is 24.0 Å². The Morgan fingerprint density at radius 1 is 1.07 bits per heavy atom. The number of hydrogen-bond acceptors (Lipinski definition) is 3. The number of nitrogens with zero attached hydrogens (tertiary/aromatic N) is 2. The van der Waals surface area contributed by atoms with E-state index < -0.39 is 0 Å². The zero-order valence-electron chi connectivity index (χ0n) is 15.9. The molecule has 0 aliphatic heterocycles. The summed E-state index contributed by atoms with van der Waals surface area (Å²) in [5.41, 5.74) is 2.39. The van der Waals surface area contributed by atoms with Crippen LogP contribution in [0.1, 0.15) is 24.0 Å². The third-order valence-corrected chi connectivity index (χ3v) is 3.82. The van der Waals surface area contributed by atoms with Gasteiger partial charge in [0.15, 0.2) is 5.96 Å². The minimum atomic E-state index is -0.0756. The summed E-state index contributed by atoms with van der Waals surface area (Å²) < 4.78 is 0. The van der Waals surface area contributed by atoms with E-state index in [9.17, 15) is 4.79 Å². The zero-order chi connectivity index (χ0) is 18.6. The number of carbonyl (C=O) groups excluding carboxylic acids is 1. The van der Waals surface area contributed by atoms with Gasteiger partial charge in [0.05, 0.1) is 0 Å². The average molecular weight is 481 g/mol. The summed E-state index contributed by atoms with van der Waals surface area (Å²) in [7, 11) is 1.73. The van der Waals surface area contributed by atoms with Crippen LogP contribution in [0.4, 0.5) is 5.82 Å². The first-order chi connectivity index (χ1) is 12.7. The molecular weight excluding hydrogens is 453 g/mol. The predicted molar refractivity (Wildman–Crippen MR) is 122 cm³/mol. The molecule has 0 saturated carbocycles. The van der Waals surface area contributed by atoms with Crippen molar-refractivity contribution in [3.8, 4) is 0 Å². The number of anilines is 1. The lowest BCUT2D eigenvalue weighted by Gasteiger charge is -2.12. The molecule has 0 aliphatic carbocycles. The Labute approximate surface area is 178 Å². The van der Waals surface area contributed by atoms with Crippen LogP contribution in [-0.4, -0.2) is 37.0 Å². The lowest BCUT2D eigenvalue weighted by atomic mass is 10.1. The van der Waals surface area contributed by atoms with Gasteiger partial charge in [0.2, 0.25) is 5.91 Å². The molecule has 27 heavy (non-hydrogen) atoms. The summed E-state index contributed by atoms with van der Waals surface area (Å²) in [5.74, 6) is 1.21. The molecule has 0 aliphatic rings. The summed E-state index contributed by atoms with van der Waals surface area (Å²) in [6, 6.07) is 14.1. The molecule has 1 aromatic heterocycles. The number of halogens is 1. The highest BCUT2D eigenvalue weighted by Gasteiger charge is 2.04. The van der Waals surface area contributed by atoms with Gasteiger partial charge in [0, 0.05) is 32.8 Å². The summed E-state index contributed by atoms with van der Waals surface area (Å²) in [5, 5.41) is 9.20. The Bertz CT molecular complexity index is 704. The van der Waals surface area contributed by atoms with Crippen molar-refractivity contribution >= 4 is 41.7 Å². The van der Waals surface area contributed by atoms with E-state index in [4.69, 9.17) is 0 Å². The number of aryl methyl sites for hydroxylation is 2. The first kappa shape index (κ1) is 22.9. The quantitative estimate of drug-likeness (QED) is 0.234. The van der Waals surface area contributed by atoms with Crippen molar-refractivity contribution in [3.05, 3.63) is 59.8 Å². The summed E-state index contributed by atoms with van der Waals surface area (Å²) in [4.78, 5) is 20.3. The van der Waals surface area contributed by atoms with E-state index in [1.165, 1.54) is 5.56 Å². The van der Waals surface area contributed by atoms with Gasteiger partial charge in [-0.3, -0.25) is 9.79 Å². The van der Waals surface area contributed by atoms with Gasteiger partial charge in [0.1, 0.15) is 5.82 Å². The monoisotopic (exact) mass is 481 g/mol. The number of pyridine rings is 1. The van der Waals surface area contributed by atoms with Crippen molar-refractivity contribution in [3.63, 3.8) is 0 Å². The molecule has 1 amide bonds. The normalized spacial score (nSPS) is 10.7. The van der Waals surface area contributed by atoms with Crippen LogP contribution < -0.4 is 16.0 Å². The van der Waals surface area contributed by atoms with Crippen molar-refractivity contribution < 1.29 is 4.79 Å². The lowest BCUT2D eigenvalue weighted by molar-refractivity contribution is -0.116. The van der Waals surface area contributed by atoms with Gasteiger partial charge < -0.3 is 16.0 Å². The maximum Gasteiger partial charge on any atom is 0.227 e. The number of guanidine groups is 1. The molecule has 2 aromatic rings. The molecule has 0 fully saturated rings. The molecule has 1 aromatic carbocycles. The number of aromatic nitrogens is 1. The zero-order valence-corrected chi connectivity index (χ0v) is 18.2. The molecular formula is C20H28IN5O. The van der Waals surface area contributed by atoms with E-state index in [2.05, 4.69) is 50.2 Å². The topological polar surface area (TPSA) is 78.4 Å². The standard InChI is InChI=1S/C20H27N5O.HI/c1-16-10-11-18(24-15-16)25-19(26)12-14-23-20(21-2)22-13-6-9-17-7-4-3-5-8-17;/h3-5,7-8,10-11,15H,6,9,12-14H2,1-2H3,(H2,21,22,23)(H,24,25,26);1H. The van der Waals surface area contributed by atoms with Crippen molar-refractivity contribution in [1.29, 1.82) is 0 Å². The highest BCUT2D eigenvalue weighted by molar-refractivity contribution is 14.0. The first-order valence-electron chi connectivity index (χ1n) is 8.88. The van der Waals surface area contributed by atoms with E-state index in [0.717, 1.165) is 24.9 Å². The van der Waals surface area contributed by atoms with E-state index in [0.29, 0.717) is 24.7 Å². The Hall–Kier alpha value is -2.16. The maximum atomic E-state index is 11.9. The molecule has 0 spiro atoms. The van der Waals surface area contributed by atoms with Crippen LogP contribution in [0.15, 0.2) is 53.7 Å². The van der Waals surface area contributed by atoms with Gasteiger partial charge >= 0.3 is 0 Å². The number of carbonyl (C=O) groups is 1. The van der Waals surface area contributed by atoms with Gasteiger partial charge in [-0.1, -0.05) is 36.4 Å². The molecule has 3 N–H and O–H groups in total. The van der Waals surface area contributed by atoms with Crippen molar-refractivity contribution in [2.45, 2.75) is 26.2 Å². The second-order valence-corrected chi connectivity index (χ2v) is 6.03. The second kappa shape index (κ2) is 13.1. The van der Waals surface area contributed by atoms with Crippen LogP contribution in [0.3, 0.4) is 0 Å². The molecule has 0 bridgehead atoms. The van der Waals surface area contributed by atoms with Crippen molar-refractivity contribution in [1.82, 2.24) is 15.6 Å². The number of aliphatic imine (C=N–C) groups is 1. The fourth-order valence-electron chi connectivity index (χ4n) is 2.41. The predicted octanol–water partition coefficient (Wildman–Crippen LogP) is 3.13. The van der Waals surface area contributed by atoms with Crippen LogP contribution in [0, 0.1) is 6.92 Å². The smallest absolute Gasteiger partial charge is 0.227 e. The average Bonchev–Trinajstić information content (AvgIpc) is 2.66. The minimum Gasteiger partial charge on any atom is -0.356 e. The molecule has 7 heteroatoms. The third-order valence-electron chi connectivity index (χ3n) is 3.82. The largest absolute Gasteiger partial charge is 0.356 e. The lowest BCUT2D eigenvalue weighted by Crippen LogP contribution is -2.39. The molecule has 146 valence electrons. The minimum absolute atomic E-state index is 0. The molecule has 2 rings (SSSR count). The Morgan fingerprint density at radius 2 is 1.81 bits per heavy atom. The van der Waals surface area contributed by atoms with Gasteiger partial charge in [-0.05, 0) is 37.0 Å². The van der Waals surface area contributed by atoms with E-state index in [-0.39, 0.29) is 29.9 Å². The highest BCUT2D eigenvalue weighted by atomic mass is 127. The number of rotatable bonds is 8. The molecule has 0 radical (unpaired) electrons. The number of nitrogens with one attached hydrogen (secondary N) is 3. The maximum absolute atomic E-state index is 11.9. The van der Waals surface area contributed by atoms with Crippen molar-refractivity contribution in [2.75, 3.05) is 25.5 Å². The Kier molecular flexibility index (Phi) is 11.1. The second-order valence-electron chi connectivity index (χ2n) is 6.03. The molecule has 0 atom stereocenters. The van der Waals surface area contributed by atoms with Crippen LogP contribution in [0.2, 0.25) is 0 Å². The SMILES string of the molecule is CN=C(NCCCc1ccccc1)NCCC(=O)Nc1ccc(C)cn1.I. The molecule has 6 nitrogen and oxygen atoms in total. The molecule has 0 saturated heterocycles.